The second-order valence-corrected chi connectivity index (χ2v) is 4.49. The van der Waals surface area contributed by atoms with Gasteiger partial charge in [0.1, 0.15) is 0 Å². The average Bonchev–Trinajstić information content (AvgIpc) is 2.42. The van der Waals surface area contributed by atoms with Crippen LogP contribution in [0.4, 0.5) is 0 Å². The average molecular weight is 264 g/mol. The van der Waals surface area contributed by atoms with Crippen LogP contribution in [-0.2, 0) is 0 Å². The molecule has 0 amide bonds. The van der Waals surface area contributed by atoms with E-state index in [1.807, 2.05) is 37.1 Å². The summed E-state index contributed by atoms with van der Waals surface area (Å²) in [6.45, 7) is 5.01. The Morgan fingerprint density at radius 3 is 2.89 bits per heavy atom. The van der Waals surface area contributed by atoms with Gasteiger partial charge in [-0.15, -0.1) is 0 Å². The van der Waals surface area contributed by atoms with Crippen LogP contribution in [0.2, 0.25) is 0 Å². The maximum Gasteiger partial charge on any atom is 0.189 e. The lowest BCUT2D eigenvalue weighted by atomic mass is 10.3. The molecule has 0 radical (unpaired) electrons. The van der Waals surface area contributed by atoms with E-state index in [9.17, 15) is 0 Å². The number of hydrogen-bond donors (Lipinski definition) is 1. The van der Waals surface area contributed by atoms with Crippen LogP contribution in [0.15, 0.2) is 29.5 Å². The minimum Gasteiger partial charge on any atom is -0.351 e. The van der Waals surface area contributed by atoms with Crippen molar-refractivity contribution in [2.75, 3.05) is 13.6 Å². The summed E-state index contributed by atoms with van der Waals surface area (Å²) in [5.41, 5.74) is 4.57. The van der Waals surface area contributed by atoms with Gasteiger partial charge in [0.2, 0.25) is 0 Å². The number of unbranched alkanes of at least 4 members (excludes halogenated alkanes) is 1. The van der Waals surface area contributed by atoms with Gasteiger partial charge >= 0.3 is 0 Å². The Morgan fingerprint density at radius 2 is 2.28 bits per heavy atom. The number of aromatic nitrogens is 1. The molecule has 0 aromatic carbocycles. The van der Waals surface area contributed by atoms with Crippen molar-refractivity contribution >= 4 is 23.0 Å². The Balaban J connectivity index is 2.51. The lowest BCUT2D eigenvalue weighted by molar-refractivity contribution is 0.477. The van der Waals surface area contributed by atoms with Crippen LogP contribution in [0, 0.1) is 0 Å². The lowest BCUT2D eigenvalue weighted by Gasteiger charge is -2.18. The highest BCUT2D eigenvalue weighted by Crippen LogP contribution is 1.96. The van der Waals surface area contributed by atoms with Crippen LogP contribution >= 0.6 is 12.2 Å². The Labute approximate surface area is 114 Å². The van der Waals surface area contributed by atoms with Gasteiger partial charge in [0, 0.05) is 19.8 Å². The highest BCUT2D eigenvalue weighted by Gasteiger charge is 2.03. The first-order valence-corrected chi connectivity index (χ1v) is 6.52. The Bertz CT molecular complexity index is 403. The van der Waals surface area contributed by atoms with Crippen LogP contribution in [-0.4, -0.2) is 34.3 Å². The zero-order chi connectivity index (χ0) is 13.4. The fourth-order valence-corrected chi connectivity index (χ4v) is 1.48. The molecule has 0 atom stereocenters. The molecule has 0 spiro atoms. The number of nitrogens with one attached hydrogen (secondary N) is 1. The van der Waals surface area contributed by atoms with Crippen molar-refractivity contribution in [3.05, 3.63) is 30.1 Å². The minimum absolute atomic E-state index is 0.638. The molecule has 1 aromatic heterocycles. The van der Waals surface area contributed by atoms with Crippen molar-refractivity contribution in [3.63, 3.8) is 0 Å². The minimum atomic E-state index is 0.638. The van der Waals surface area contributed by atoms with E-state index in [2.05, 4.69) is 22.4 Å². The summed E-state index contributed by atoms with van der Waals surface area (Å²) in [6.07, 6.45) is 4.03. The molecule has 0 bridgehead atoms. The fraction of sp³-hybridized carbons (Fsp3) is 0.462. The molecule has 0 saturated carbocycles. The SMILES string of the molecule is CCCCN(C)C(=S)N/N=C(/C)c1ccccn1. The van der Waals surface area contributed by atoms with E-state index in [-0.39, 0.29) is 0 Å². The van der Waals surface area contributed by atoms with Gasteiger partial charge in [-0.1, -0.05) is 19.4 Å². The molecule has 0 unspecified atom stereocenters. The Kier molecular flexibility index (Phi) is 6.28. The largest absolute Gasteiger partial charge is 0.351 e. The summed E-state index contributed by atoms with van der Waals surface area (Å²) in [6, 6.07) is 5.74. The van der Waals surface area contributed by atoms with Gasteiger partial charge in [-0.3, -0.25) is 10.4 Å². The second-order valence-electron chi connectivity index (χ2n) is 4.10. The van der Waals surface area contributed by atoms with Crippen LogP contribution in [0.25, 0.3) is 0 Å². The van der Waals surface area contributed by atoms with E-state index in [4.69, 9.17) is 12.2 Å². The lowest BCUT2D eigenvalue weighted by Crippen LogP contribution is -2.35. The van der Waals surface area contributed by atoms with Crippen molar-refractivity contribution in [2.24, 2.45) is 5.10 Å². The first-order chi connectivity index (χ1) is 8.65. The third kappa shape index (κ3) is 4.79. The highest BCUT2D eigenvalue weighted by molar-refractivity contribution is 7.80. The molecule has 98 valence electrons. The van der Waals surface area contributed by atoms with Gasteiger partial charge in [-0.05, 0) is 37.7 Å². The molecule has 0 saturated heterocycles. The molecule has 4 nitrogen and oxygen atoms in total. The number of rotatable bonds is 5. The number of hydrogen-bond acceptors (Lipinski definition) is 3. The van der Waals surface area contributed by atoms with E-state index in [0.717, 1.165) is 30.8 Å². The van der Waals surface area contributed by atoms with E-state index >= 15 is 0 Å². The van der Waals surface area contributed by atoms with Crippen molar-refractivity contribution in [2.45, 2.75) is 26.7 Å². The summed E-state index contributed by atoms with van der Waals surface area (Å²) in [5.74, 6) is 0. The maximum atomic E-state index is 5.25. The third-order valence-corrected chi connectivity index (χ3v) is 2.95. The van der Waals surface area contributed by atoms with Crippen LogP contribution in [0.1, 0.15) is 32.4 Å². The van der Waals surface area contributed by atoms with Crippen molar-refractivity contribution in [1.82, 2.24) is 15.3 Å². The van der Waals surface area contributed by atoms with Crippen molar-refractivity contribution in [3.8, 4) is 0 Å². The number of pyridine rings is 1. The standard InChI is InChI=1S/C13H20N4S/c1-4-5-10-17(3)13(18)16-15-11(2)12-8-6-7-9-14-12/h6-9H,4-5,10H2,1-3H3,(H,16,18)/b15-11-. The second kappa shape index (κ2) is 7.76. The Morgan fingerprint density at radius 1 is 1.50 bits per heavy atom. The van der Waals surface area contributed by atoms with Crippen LogP contribution in [0.5, 0.6) is 0 Å². The van der Waals surface area contributed by atoms with Crippen molar-refractivity contribution in [1.29, 1.82) is 0 Å². The van der Waals surface area contributed by atoms with Gasteiger partial charge in [0.25, 0.3) is 0 Å². The molecule has 18 heavy (non-hydrogen) atoms. The molecule has 1 aromatic rings. The molecular weight excluding hydrogens is 244 g/mol. The smallest absolute Gasteiger partial charge is 0.189 e. The molecule has 1 heterocycles. The summed E-state index contributed by atoms with van der Waals surface area (Å²) in [7, 11) is 1.97. The van der Waals surface area contributed by atoms with E-state index in [1.54, 1.807) is 6.20 Å². The predicted molar refractivity (Wildman–Crippen MR) is 79.7 cm³/mol. The first kappa shape index (κ1) is 14.6. The molecule has 0 aliphatic rings. The third-order valence-electron chi connectivity index (χ3n) is 2.55. The quantitative estimate of drug-likeness (QED) is 0.504. The normalized spacial score (nSPS) is 11.2. The summed E-state index contributed by atoms with van der Waals surface area (Å²) >= 11 is 5.25. The summed E-state index contributed by atoms with van der Waals surface area (Å²) in [4.78, 5) is 6.22. The monoisotopic (exact) mass is 264 g/mol. The summed E-state index contributed by atoms with van der Waals surface area (Å²) < 4.78 is 0. The zero-order valence-electron chi connectivity index (χ0n) is 11.2. The summed E-state index contributed by atoms with van der Waals surface area (Å²) in [5, 5.41) is 4.88. The van der Waals surface area contributed by atoms with E-state index < -0.39 is 0 Å². The molecule has 0 fully saturated rings. The number of nitrogens with zero attached hydrogens (tertiary/aromatic N) is 3. The van der Waals surface area contributed by atoms with Gasteiger partial charge < -0.3 is 4.90 Å². The zero-order valence-corrected chi connectivity index (χ0v) is 12.0. The predicted octanol–water partition coefficient (Wildman–Crippen LogP) is 2.41. The maximum absolute atomic E-state index is 5.25. The molecule has 1 rings (SSSR count). The van der Waals surface area contributed by atoms with Crippen LogP contribution in [0.3, 0.4) is 0 Å². The topological polar surface area (TPSA) is 40.5 Å². The number of thiocarbonyl (C=S) groups is 1. The van der Waals surface area contributed by atoms with E-state index in [1.165, 1.54) is 0 Å². The van der Waals surface area contributed by atoms with Gasteiger partial charge in [0.05, 0.1) is 11.4 Å². The molecule has 1 N–H and O–H groups in total. The highest BCUT2D eigenvalue weighted by atomic mass is 32.1. The van der Waals surface area contributed by atoms with Gasteiger partial charge in [-0.2, -0.15) is 5.10 Å². The van der Waals surface area contributed by atoms with Gasteiger partial charge in [-0.25, -0.2) is 0 Å². The van der Waals surface area contributed by atoms with E-state index in [0.29, 0.717) is 5.11 Å². The molecule has 0 aliphatic heterocycles. The Hall–Kier alpha value is -1.49. The van der Waals surface area contributed by atoms with Crippen LogP contribution < -0.4 is 5.43 Å². The molecule has 0 aliphatic carbocycles. The molecule has 5 heteroatoms. The fourth-order valence-electron chi connectivity index (χ4n) is 1.35. The van der Waals surface area contributed by atoms with Crippen molar-refractivity contribution < 1.29 is 0 Å². The molecular formula is C13H20N4S. The van der Waals surface area contributed by atoms with Gasteiger partial charge in [0.15, 0.2) is 5.11 Å². The first-order valence-electron chi connectivity index (χ1n) is 6.12. The number of hydrazone groups is 1.